The molecule has 1 aliphatic heterocycles. The summed E-state index contributed by atoms with van der Waals surface area (Å²) >= 11 is 0. The van der Waals surface area contributed by atoms with Crippen molar-refractivity contribution in [3.63, 3.8) is 0 Å². The first-order chi connectivity index (χ1) is 16.8. The standard InChI is InChI=1S/C25H31N3O7/c1-4-33-24(31)21-17-10-8-16(9-11-18(17)22(23(21)26)25(32)34-5-2)14-19(29)27(3)35-15-20(30)28-12-6-7-13-28/h8-11H,4-7,12-15,26H2,1-3H3. The van der Waals surface area contributed by atoms with Crippen molar-refractivity contribution >= 4 is 29.4 Å². The van der Waals surface area contributed by atoms with E-state index in [0.29, 0.717) is 29.8 Å². The van der Waals surface area contributed by atoms with Crippen molar-refractivity contribution in [2.75, 3.05) is 45.7 Å². The number of carbonyl (C=O) groups excluding carboxylic acids is 4. The highest BCUT2D eigenvalue weighted by Gasteiger charge is 2.30. The van der Waals surface area contributed by atoms with Crippen molar-refractivity contribution in [2.24, 2.45) is 0 Å². The molecule has 0 spiro atoms. The van der Waals surface area contributed by atoms with Crippen LogP contribution in [-0.4, -0.2) is 73.7 Å². The lowest BCUT2D eigenvalue weighted by atomic mass is 10.1. The van der Waals surface area contributed by atoms with E-state index >= 15 is 0 Å². The Kier molecular flexibility index (Phi) is 8.64. The number of hydroxylamine groups is 2. The number of anilines is 1. The van der Waals surface area contributed by atoms with E-state index in [2.05, 4.69) is 0 Å². The lowest BCUT2D eigenvalue weighted by molar-refractivity contribution is -0.182. The van der Waals surface area contributed by atoms with Crippen LogP contribution in [0.3, 0.4) is 0 Å². The first-order valence-corrected chi connectivity index (χ1v) is 11.6. The maximum atomic E-state index is 12.7. The topological polar surface area (TPSA) is 128 Å². The highest BCUT2D eigenvalue weighted by Crippen LogP contribution is 2.39. The molecule has 1 fully saturated rings. The van der Waals surface area contributed by atoms with Crippen LogP contribution < -0.4 is 5.73 Å². The Morgan fingerprint density at radius 3 is 1.91 bits per heavy atom. The largest absolute Gasteiger partial charge is 0.462 e. The second-order valence-electron chi connectivity index (χ2n) is 8.10. The quantitative estimate of drug-likeness (QED) is 0.423. The van der Waals surface area contributed by atoms with Crippen LogP contribution in [-0.2, 0) is 30.3 Å². The second-order valence-corrected chi connectivity index (χ2v) is 8.10. The van der Waals surface area contributed by atoms with Gasteiger partial charge in [0, 0.05) is 20.1 Å². The zero-order chi connectivity index (χ0) is 25.5. The number of carbonyl (C=O) groups is 4. The Bertz CT molecular complexity index is 1020. The van der Waals surface area contributed by atoms with Gasteiger partial charge in [-0.3, -0.25) is 14.4 Å². The fourth-order valence-electron chi connectivity index (χ4n) is 4.00. The summed E-state index contributed by atoms with van der Waals surface area (Å²) in [4.78, 5) is 57.1. The minimum Gasteiger partial charge on any atom is -0.462 e. The molecule has 10 nitrogen and oxygen atoms in total. The number of nitrogen functional groups attached to an aromatic ring is 1. The number of esters is 2. The fourth-order valence-corrected chi connectivity index (χ4v) is 4.00. The van der Waals surface area contributed by atoms with Crippen LogP contribution in [0.15, 0.2) is 24.3 Å². The third-order valence-electron chi connectivity index (χ3n) is 5.80. The monoisotopic (exact) mass is 485 g/mol. The Morgan fingerprint density at radius 1 is 0.914 bits per heavy atom. The summed E-state index contributed by atoms with van der Waals surface area (Å²) < 4.78 is 10.3. The number of likely N-dealkylation sites (tertiary alicyclic amines) is 1. The molecule has 1 heterocycles. The van der Waals surface area contributed by atoms with Crippen LogP contribution in [0.2, 0.25) is 0 Å². The highest BCUT2D eigenvalue weighted by molar-refractivity contribution is 6.15. The molecule has 10 heteroatoms. The van der Waals surface area contributed by atoms with Crippen molar-refractivity contribution in [3.8, 4) is 11.1 Å². The summed E-state index contributed by atoms with van der Waals surface area (Å²) in [7, 11) is 1.46. The number of amides is 2. The molecule has 1 saturated heterocycles. The molecule has 0 atom stereocenters. The van der Waals surface area contributed by atoms with Gasteiger partial charge in [0.2, 0.25) is 5.91 Å². The highest BCUT2D eigenvalue weighted by atomic mass is 16.7. The second kappa shape index (κ2) is 11.7. The molecule has 0 radical (unpaired) electrons. The summed E-state index contributed by atoms with van der Waals surface area (Å²) in [6.45, 7) is 4.85. The predicted octanol–water partition coefficient (Wildman–Crippen LogP) is 2.28. The van der Waals surface area contributed by atoms with Crippen LogP contribution in [0.4, 0.5) is 5.69 Å². The maximum Gasteiger partial charge on any atom is 0.340 e. The van der Waals surface area contributed by atoms with E-state index < -0.39 is 11.9 Å². The number of nitrogens with two attached hydrogens (primary N) is 1. The van der Waals surface area contributed by atoms with E-state index in [1.54, 1.807) is 43.0 Å². The van der Waals surface area contributed by atoms with Gasteiger partial charge in [0.25, 0.3) is 5.91 Å². The van der Waals surface area contributed by atoms with Gasteiger partial charge in [-0.2, -0.15) is 0 Å². The number of hydrogen-bond donors (Lipinski definition) is 1. The Labute approximate surface area is 204 Å². The van der Waals surface area contributed by atoms with E-state index in [-0.39, 0.29) is 54.9 Å². The number of fused-ring (bicyclic) bond motifs is 1. The zero-order valence-electron chi connectivity index (χ0n) is 20.3. The van der Waals surface area contributed by atoms with Gasteiger partial charge in [-0.15, -0.1) is 0 Å². The third kappa shape index (κ3) is 5.89. The SMILES string of the molecule is CCOC(=O)c1c2ccc(CC(=O)N(C)OCC(=O)N3CCCC3)ccc-2c(C(=O)OCC)c1N. The molecule has 0 unspecified atom stereocenters. The Hall–Kier alpha value is -3.66. The molecule has 0 aromatic heterocycles. The number of rotatable bonds is 9. The number of hydrogen-bond acceptors (Lipinski definition) is 8. The average molecular weight is 486 g/mol. The Morgan fingerprint density at radius 2 is 1.43 bits per heavy atom. The molecule has 2 aliphatic carbocycles. The van der Waals surface area contributed by atoms with Crippen LogP contribution in [0.5, 0.6) is 0 Å². The number of likely N-dealkylation sites (N-methyl/N-ethyl adjacent to an activating group) is 1. The first kappa shape index (κ1) is 26.0. The lowest BCUT2D eigenvalue weighted by Crippen LogP contribution is -2.36. The van der Waals surface area contributed by atoms with E-state index in [9.17, 15) is 19.2 Å². The van der Waals surface area contributed by atoms with Gasteiger partial charge in [-0.25, -0.2) is 14.7 Å². The molecule has 3 aliphatic rings. The molecule has 2 amide bonds. The van der Waals surface area contributed by atoms with Crippen LogP contribution >= 0.6 is 0 Å². The number of nitrogens with zero attached hydrogens (tertiary/aromatic N) is 2. The smallest absolute Gasteiger partial charge is 0.340 e. The molecule has 3 rings (SSSR count). The zero-order valence-corrected chi connectivity index (χ0v) is 20.3. The van der Waals surface area contributed by atoms with E-state index in [1.165, 1.54) is 7.05 Å². The summed E-state index contributed by atoms with van der Waals surface area (Å²) in [6, 6.07) is 6.59. The van der Waals surface area contributed by atoms with Gasteiger partial charge in [0.1, 0.15) is 0 Å². The normalized spacial score (nSPS) is 13.1. The molecule has 35 heavy (non-hydrogen) atoms. The van der Waals surface area contributed by atoms with E-state index in [1.807, 2.05) is 0 Å². The maximum absolute atomic E-state index is 12.7. The van der Waals surface area contributed by atoms with E-state index in [4.69, 9.17) is 20.0 Å². The molecule has 2 N–H and O–H groups in total. The van der Waals surface area contributed by atoms with Crippen LogP contribution in [0.25, 0.3) is 11.1 Å². The molecule has 188 valence electrons. The fraction of sp³-hybridized carbons (Fsp3) is 0.440. The van der Waals surface area contributed by atoms with Gasteiger partial charge < -0.3 is 20.1 Å². The van der Waals surface area contributed by atoms with Gasteiger partial charge in [-0.05, 0) is 43.4 Å². The molecule has 0 bridgehead atoms. The first-order valence-electron chi connectivity index (χ1n) is 11.6. The summed E-state index contributed by atoms with van der Waals surface area (Å²) in [5, 5.41) is 1.05. The molecular formula is C25H31N3O7. The van der Waals surface area contributed by atoms with Crippen LogP contribution in [0.1, 0.15) is 53.0 Å². The minimum absolute atomic E-state index is 0.00321. The Balaban J connectivity index is 1.81. The summed E-state index contributed by atoms with van der Waals surface area (Å²) in [5.41, 5.74) is 7.78. The van der Waals surface area contributed by atoms with Crippen LogP contribution in [0, 0.1) is 0 Å². The van der Waals surface area contributed by atoms with Crippen molar-refractivity contribution in [1.82, 2.24) is 9.96 Å². The third-order valence-corrected chi connectivity index (χ3v) is 5.80. The van der Waals surface area contributed by atoms with Crippen molar-refractivity contribution in [2.45, 2.75) is 33.1 Å². The summed E-state index contributed by atoms with van der Waals surface area (Å²) in [6.07, 6.45) is 1.93. The van der Waals surface area contributed by atoms with Crippen molar-refractivity contribution in [1.29, 1.82) is 0 Å². The number of ether oxygens (including phenoxy) is 2. The molecular weight excluding hydrogens is 454 g/mol. The molecule has 0 aromatic carbocycles. The van der Waals surface area contributed by atoms with E-state index in [0.717, 1.165) is 17.9 Å². The van der Waals surface area contributed by atoms with Gasteiger partial charge in [0.15, 0.2) is 6.61 Å². The van der Waals surface area contributed by atoms with Gasteiger partial charge >= 0.3 is 11.9 Å². The molecule has 0 saturated carbocycles. The van der Waals surface area contributed by atoms with Gasteiger partial charge in [0.05, 0.1) is 36.4 Å². The molecule has 0 aromatic rings. The summed E-state index contributed by atoms with van der Waals surface area (Å²) in [5.74, 6) is -1.81. The van der Waals surface area contributed by atoms with Crippen molar-refractivity contribution < 1.29 is 33.5 Å². The lowest BCUT2D eigenvalue weighted by Gasteiger charge is -2.19. The average Bonchev–Trinajstić information content (AvgIpc) is 3.40. The predicted molar refractivity (Wildman–Crippen MR) is 128 cm³/mol. The minimum atomic E-state index is -0.648. The van der Waals surface area contributed by atoms with Crippen molar-refractivity contribution in [3.05, 3.63) is 41.0 Å². The van der Waals surface area contributed by atoms with Gasteiger partial charge in [-0.1, -0.05) is 24.3 Å².